The first-order valence-corrected chi connectivity index (χ1v) is 12.9. The number of aromatic nitrogens is 3. The zero-order chi connectivity index (χ0) is 24.8. The van der Waals surface area contributed by atoms with Crippen LogP contribution in [0, 0.1) is 45.4 Å². The van der Waals surface area contributed by atoms with Gasteiger partial charge in [0.15, 0.2) is 0 Å². The van der Waals surface area contributed by atoms with Gasteiger partial charge in [-0.25, -0.2) is 0 Å². The van der Waals surface area contributed by atoms with Crippen LogP contribution in [-0.2, 0) is 6.42 Å². The molecule has 0 amide bonds. The van der Waals surface area contributed by atoms with E-state index in [9.17, 15) is 0 Å². The van der Waals surface area contributed by atoms with E-state index in [0.717, 1.165) is 34.1 Å². The summed E-state index contributed by atoms with van der Waals surface area (Å²) in [6.07, 6.45) is 9.91. The Morgan fingerprint density at radius 3 is 2.11 bits per heavy atom. The molecule has 2 aliphatic heterocycles. The van der Waals surface area contributed by atoms with Crippen molar-refractivity contribution in [3.8, 4) is 0 Å². The highest BCUT2D eigenvalue weighted by atomic mass is 15.0. The molecular weight excluding hydrogens is 428 g/mol. The Morgan fingerprint density at radius 2 is 1.43 bits per heavy atom. The van der Waals surface area contributed by atoms with Gasteiger partial charge in [-0.05, 0) is 91.7 Å². The van der Waals surface area contributed by atoms with E-state index in [1.54, 1.807) is 0 Å². The van der Waals surface area contributed by atoms with Crippen LogP contribution in [-0.4, -0.2) is 15.0 Å². The number of fused-ring (bicyclic) bond motifs is 7. The molecule has 8 bridgehead atoms. The Labute approximate surface area is 207 Å². The smallest absolute Gasteiger partial charge is 0.0482 e. The lowest BCUT2D eigenvalue weighted by Crippen LogP contribution is -2.12. The van der Waals surface area contributed by atoms with Gasteiger partial charge in [0.2, 0.25) is 0 Å². The maximum Gasteiger partial charge on any atom is 0.0482 e. The SMILES string of the molecule is C=Cc1c2[nH]c(c1C)/C=C1\N/C(=C3\c4[nH]c(c(C)c4C[C@@H]3C)/C=c3\[nH]/c(c(C)c3C)=C\2)[C@@H](C)[C@@H]1C. The molecule has 0 aromatic carbocycles. The lowest BCUT2D eigenvalue weighted by atomic mass is 9.90. The van der Waals surface area contributed by atoms with Gasteiger partial charge < -0.3 is 20.3 Å². The van der Waals surface area contributed by atoms with Gasteiger partial charge in [-0.1, -0.05) is 33.4 Å². The minimum atomic E-state index is 0.421. The maximum absolute atomic E-state index is 4.12. The number of allylic oxidation sites excluding steroid dienone is 3. The third-order valence-corrected chi connectivity index (χ3v) is 9.04. The van der Waals surface area contributed by atoms with Crippen molar-refractivity contribution in [2.24, 2.45) is 17.8 Å². The quantitative estimate of drug-likeness (QED) is 0.386. The number of H-pyrrole nitrogens is 3. The van der Waals surface area contributed by atoms with Crippen LogP contribution in [0.1, 0.15) is 76.9 Å². The summed E-state index contributed by atoms with van der Waals surface area (Å²) in [5.41, 5.74) is 16.7. The van der Waals surface area contributed by atoms with Crippen LogP contribution in [0.3, 0.4) is 0 Å². The van der Waals surface area contributed by atoms with Crippen LogP contribution in [0.2, 0.25) is 0 Å². The number of hydrogen-bond donors (Lipinski definition) is 4. The Kier molecular flexibility index (Phi) is 4.76. The Bertz CT molecular complexity index is 1590. The second-order valence-corrected chi connectivity index (χ2v) is 10.9. The van der Waals surface area contributed by atoms with Crippen molar-refractivity contribution in [1.29, 1.82) is 0 Å². The van der Waals surface area contributed by atoms with E-state index in [0.29, 0.717) is 17.8 Å². The lowest BCUT2D eigenvalue weighted by molar-refractivity contribution is 0.558. The third-order valence-electron chi connectivity index (χ3n) is 9.04. The van der Waals surface area contributed by atoms with Crippen LogP contribution in [0.4, 0.5) is 0 Å². The summed E-state index contributed by atoms with van der Waals surface area (Å²) in [5.74, 6) is 1.36. The zero-order valence-electron chi connectivity index (χ0n) is 22.0. The summed E-state index contributed by atoms with van der Waals surface area (Å²) >= 11 is 0. The molecule has 3 aromatic heterocycles. The highest BCUT2D eigenvalue weighted by Gasteiger charge is 2.37. The first kappa shape index (κ1) is 22.1. The van der Waals surface area contributed by atoms with Crippen LogP contribution >= 0.6 is 0 Å². The van der Waals surface area contributed by atoms with Crippen LogP contribution in [0.15, 0.2) is 18.0 Å². The molecule has 1 saturated heterocycles. The molecule has 1 fully saturated rings. The maximum atomic E-state index is 4.12. The summed E-state index contributed by atoms with van der Waals surface area (Å²) in [5, 5.41) is 6.19. The van der Waals surface area contributed by atoms with Crippen molar-refractivity contribution in [3.63, 3.8) is 0 Å². The average molecular weight is 465 g/mol. The Hall–Kier alpha value is -3.40. The van der Waals surface area contributed by atoms with Gasteiger partial charge >= 0.3 is 0 Å². The van der Waals surface area contributed by atoms with Crippen molar-refractivity contribution in [1.82, 2.24) is 20.3 Å². The van der Waals surface area contributed by atoms with Crippen molar-refractivity contribution in [2.45, 2.75) is 54.9 Å². The van der Waals surface area contributed by atoms with Gasteiger partial charge in [-0.15, -0.1) is 0 Å². The molecule has 4 heteroatoms. The molecule has 4 nitrogen and oxygen atoms in total. The summed E-state index contributed by atoms with van der Waals surface area (Å²) in [6, 6.07) is 0. The van der Waals surface area contributed by atoms with E-state index < -0.39 is 0 Å². The predicted molar refractivity (Wildman–Crippen MR) is 147 cm³/mol. The van der Waals surface area contributed by atoms with Crippen molar-refractivity contribution in [2.75, 3.05) is 0 Å². The van der Waals surface area contributed by atoms with Crippen LogP contribution in [0.25, 0.3) is 29.9 Å². The first-order chi connectivity index (χ1) is 16.7. The van der Waals surface area contributed by atoms with E-state index in [4.69, 9.17) is 0 Å². The van der Waals surface area contributed by atoms with Crippen LogP contribution in [0.5, 0.6) is 0 Å². The molecule has 6 rings (SSSR count). The average Bonchev–Trinajstić information content (AvgIpc) is 3.54. The highest BCUT2D eigenvalue weighted by Crippen LogP contribution is 2.46. The predicted octanol–water partition coefficient (Wildman–Crippen LogP) is 5.34. The van der Waals surface area contributed by atoms with E-state index in [-0.39, 0.29) is 0 Å². The molecule has 4 N–H and O–H groups in total. The van der Waals surface area contributed by atoms with Gasteiger partial charge in [0.1, 0.15) is 0 Å². The Balaban J connectivity index is 1.72. The van der Waals surface area contributed by atoms with Gasteiger partial charge in [-0.2, -0.15) is 0 Å². The monoisotopic (exact) mass is 464 g/mol. The molecule has 1 aliphatic carbocycles. The fraction of sp³-hybridized carbons (Fsp3) is 0.355. The molecule has 0 saturated carbocycles. The molecule has 0 unspecified atom stereocenters. The molecular formula is C31H36N4. The fourth-order valence-corrected chi connectivity index (χ4v) is 6.36. The number of rotatable bonds is 1. The summed E-state index contributed by atoms with van der Waals surface area (Å²) in [4.78, 5) is 11.3. The number of nitrogens with one attached hydrogen (secondary N) is 4. The van der Waals surface area contributed by atoms with Gasteiger partial charge in [0.05, 0.1) is 0 Å². The van der Waals surface area contributed by atoms with E-state index in [2.05, 4.69) is 93.5 Å². The third kappa shape index (κ3) is 3.05. The largest absolute Gasteiger partial charge is 0.361 e. The minimum Gasteiger partial charge on any atom is -0.361 e. The molecule has 0 radical (unpaired) electrons. The second-order valence-electron chi connectivity index (χ2n) is 10.9. The van der Waals surface area contributed by atoms with Gasteiger partial charge in [0.25, 0.3) is 0 Å². The Morgan fingerprint density at radius 1 is 0.771 bits per heavy atom. The van der Waals surface area contributed by atoms with Crippen molar-refractivity contribution < 1.29 is 0 Å². The molecule has 3 aromatic rings. The molecule has 5 heterocycles. The summed E-state index contributed by atoms with van der Waals surface area (Å²) < 4.78 is 0. The fourth-order valence-electron chi connectivity index (χ4n) is 6.36. The van der Waals surface area contributed by atoms with E-state index >= 15 is 0 Å². The summed E-state index contributed by atoms with van der Waals surface area (Å²) in [7, 11) is 0. The number of hydrogen-bond acceptors (Lipinski definition) is 1. The lowest BCUT2D eigenvalue weighted by Gasteiger charge is -2.15. The second kappa shape index (κ2) is 7.55. The zero-order valence-corrected chi connectivity index (χ0v) is 22.0. The van der Waals surface area contributed by atoms with Gasteiger partial charge in [-0.3, -0.25) is 0 Å². The van der Waals surface area contributed by atoms with E-state index in [1.807, 2.05) is 6.08 Å². The number of aromatic amines is 3. The van der Waals surface area contributed by atoms with Crippen LogP contribution < -0.4 is 16.0 Å². The minimum absolute atomic E-state index is 0.421. The highest BCUT2D eigenvalue weighted by molar-refractivity contribution is 5.79. The standard InChI is InChI=1S/C31H36N4/c1-9-21-19(7)26-12-25-17(5)18(6)30(34-25)29-14(2)10-22-20(8)27(35-31(22)29)11-23-15(3)16(4)24(32-23)13-28(21)33-26/h9,11-14,17-18,32-35H,1,10H2,2-8H3/b23-11-,24-13-,25-12-,30-29-/t14-,17-,18-/m0/s1. The molecule has 3 atom stereocenters. The molecule has 180 valence electrons. The topological polar surface area (TPSA) is 59.4 Å². The normalized spacial score (nSPS) is 28.1. The summed E-state index contributed by atoms with van der Waals surface area (Å²) in [6.45, 7) is 20.1. The van der Waals surface area contributed by atoms with Crippen molar-refractivity contribution >= 4 is 29.9 Å². The molecule has 3 aliphatic rings. The first-order valence-electron chi connectivity index (χ1n) is 12.9. The van der Waals surface area contributed by atoms with Crippen molar-refractivity contribution in [3.05, 3.63) is 84.8 Å². The van der Waals surface area contributed by atoms with Gasteiger partial charge in [0, 0.05) is 62.3 Å². The molecule has 0 spiro atoms. The van der Waals surface area contributed by atoms with E-state index in [1.165, 1.54) is 56.2 Å². The molecule has 35 heavy (non-hydrogen) atoms.